The molecule has 3 rings (SSSR count). The van der Waals surface area contributed by atoms with Gasteiger partial charge in [0.2, 0.25) is 6.41 Å². The van der Waals surface area contributed by atoms with Crippen molar-refractivity contribution in [2.24, 2.45) is 0 Å². The number of aryl methyl sites for hydroxylation is 2. The molecule has 136 valence electrons. The van der Waals surface area contributed by atoms with Crippen LogP contribution in [0.15, 0.2) is 30.3 Å². The maximum atomic E-state index is 12.6. The third-order valence-electron chi connectivity index (χ3n) is 4.46. The van der Waals surface area contributed by atoms with Gasteiger partial charge in [0.25, 0.3) is 5.91 Å². The van der Waals surface area contributed by atoms with E-state index in [1.807, 2.05) is 24.3 Å². The van der Waals surface area contributed by atoms with Crippen LogP contribution < -0.4 is 10.2 Å². The lowest BCUT2D eigenvalue weighted by atomic mass is 10.1. The first-order valence-electron chi connectivity index (χ1n) is 8.79. The van der Waals surface area contributed by atoms with Crippen molar-refractivity contribution < 1.29 is 9.59 Å². The molecule has 0 unspecified atom stereocenters. The zero-order valence-electron chi connectivity index (χ0n) is 15.1. The van der Waals surface area contributed by atoms with Crippen LogP contribution in [0.4, 0.5) is 11.5 Å². The Bertz CT molecular complexity index is 783. The van der Waals surface area contributed by atoms with Crippen LogP contribution in [0.3, 0.4) is 0 Å². The second-order valence-corrected chi connectivity index (χ2v) is 6.29. The van der Waals surface area contributed by atoms with E-state index in [1.54, 1.807) is 17.9 Å². The van der Waals surface area contributed by atoms with E-state index >= 15 is 0 Å². The summed E-state index contributed by atoms with van der Waals surface area (Å²) in [4.78, 5) is 35.9. The zero-order chi connectivity index (χ0) is 18.5. The number of piperazine rings is 1. The first-order valence-corrected chi connectivity index (χ1v) is 8.79. The standard InChI is InChI=1S/C19H23N5O2/c1-3-15-4-6-16(7-5-15)22-19(26)17-12-18(21-14(2)20-17)24-10-8-23(13-25)9-11-24/h4-7,12-13H,3,8-11H2,1-2H3,(H,22,26). The van der Waals surface area contributed by atoms with Gasteiger partial charge in [-0.05, 0) is 31.0 Å². The van der Waals surface area contributed by atoms with Gasteiger partial charge in [-0.25, -0.2) is 9.97 Å². The van der Waals surface area contributed by atoms with Crippen molar-refractivity contribution in [1.29, 1.82) is 0 Å². The molecule has 0 atom stereocenters. The number of amides is 2. The van der Waals surface area contributed by atoms with E-state index in [4.69, 9.17) is 0 Å². The number of rotatable bonds is 5. The number of nitrogens with zero attached hydrogens (tertiary/aromatic N) is 4. The van der Waals surface area contributed by atoms with Crippen molar-refractivity contribution in [3.63, 3.8) is 0 Å². The van der Waals surface area contributed by atoms with E-state index in [0.29, 0.717) is 37.7 Å². The van der Waals surface area contributed by atoms with Crippen molar-refractivity contribution in [2.45, 2.75) is 20.3 Å². The summed E-state index contributed by atoms with van der Waals surface area (Å²) in [5.74, 6) is 1.01. The highest BCUT2D eigenvalue weighted by Crippen LogP contribution is 2.17. The van der Waals surface area contributed by atoms with Crippen LogP contribution >= 0.6 is 0 Å². The number of carbonyl (C=O) groups is 2. The molecule has 1 aromatic heterocycles. The summed E-state index contributed by atoms with van der Waals surface area (Å²) in [5, 5.41) is 2.88. The average Bonchev–Trinajstić information content (AvgIpc) is 2.68. The maximum Gasteiger partial charge on any atom is 0.274 e. The first-order chi connectivity index (χ1) is 12.6. The lowest BCUT2D eigenvalue weighted by Crippen LogP contribution is -2.46. The minimum absolute atomic E-state index is 0.257. The summed E-state index contributed by atoms with van der Waals surface area (Å²) in [6, 6.07) is 9.49. The first kappa shape index (κ1) is 17.8. The molecule has 1 saturated heterocycles. The summed E-state index contributed by atoms with van der Waals surface area (Å²) < 4.78 is 0. The SMILES string of the molecule is CCc1ccc(NC(=O)c2cc(N3CCN(C=O)CC3)nc(C)n2)cc1. The van der Waals surface area contributed by atoms with Crippen molar-refractivity contribution >= 4 is 23.8 Å². The number of carbonyl (C=O) groups excluding carboxylic acids is 2. The van der Waals surface area contributed by atoms with Gasteiger partial charge in [-0.3, -0.25) is 9.59 Å². The van der Waals surface area contributed by atoms with Crippen LogP contribution in [0.5, 0.6) is 0 Å². The molecule has 1 aromatic carbocycles. The van der Waals surface area contributed by atoms with Gasteiger partial charge in [-0.2, -0.15) is 0 Å². The molecule has 1 aliphatic rings. The van der Waals surface area contributed by atoms with E-state index in [9.17, 15) is 9.59 Å². The molecule has 0 spiro atoms. The van der Waals surface area contributed by atoms with Gasteiger partial charge in [0.15, 0.2) is 0 Å². The predicted molar refractivity (Wildman–Crippen MR) is 100 cm³/mol. The molecule has 0 aliphatic carbocycles. The molecule has 26 heavy (non-hydrogen) atoms. The third kappa shape index (κ3) is 4.17. The summed E-state index contributed by atoms with van der Waals surface area (Å²) >= 11 is 0. The number of anilines is 2. The minimum Gasteiger partial charge on any atom is -0.353 e. The van der Waals surface area contributed by atoms with E-state index in [2.05, 4.69) is 27.1 Å². The Morgan fingerprint density at radius 3 is 2.46 bits per heavy atom. The molecular formula is C19H23N5O2. The van der Waals surface area contributed by atoms with Gasteiger partial charge in [-0.15, -0.1) is 0 Å². The molecule has 7 heteroatoms. The average molecular weight is 353 g/mol. The predicted octanol–water partition coefficient (Wildman–Crippen LogP) is 1.88. The summed E-state index contributed by atoms with van der Waals surface area (Å²) in [7, 11) is 0. The van der Waals surface area contributed by atoms with Crippen molar-refractivity contribution in [3.05, 3.63) is 47.4 Å². The molecule has 1 aliphatic heterocycles. The number of hydrogen-bond donors (Lipinski definition) is 1. The monoisotopic (exact) mass is 353 g/mol. The van der Waals surface area contributed by atoms with Gasteiger partial charge in [0, 0.05) is 37.9 Å². The largest absolute Gasteiger partial charge is 0.353 e. The second kappa shape index (κ2) is 7.95. The number of benzene rings is 1. The third-order valence-corrected chi connectivity index (χ3v) is 4.46. The Labute approximate surface area is 153 Å². The highest BCUT2D eigenvalue weighted by atomic mass is 16.2. The molecule has 2 heterocycles. The molecule has 1 fully saturated rings. The molecule has 0 bridgehead atoms. The lowest BCUT2D eigenvalue weighted by molar-refractivity contribution is -0.118. The molecule has 1 N–H and O–H groups in total. The Morgan fingerprint density at radius 2 is 1.85 bits per heavy atom. The van der Waals surface area contributed by atoms with Crippen LogP contribution in [0.2, 0.25) is 0 Å². The van der Waals surface area contributed by atoms with Crippen LogP contribution in [-0.2, 0) is 11.2 Å². The van der Waals surface area contributed by atoms with Crippen molar-refractivity contribution in [3.8, 4) is 0 Å². The fourth-order valence-electron chi connectivity index (χ4n) is 2.91. The van der Waals surface area contributed by atoms with Gasteiger partial charge in [-0.1, -0.05) is 19.1 Å². The molecule has 7 nitrogen and oxygen atoms in total. The molecule has 0 saturated carbocycles. The second-order valence-electron chi connectivity index (χ2n) is 6.29. The Morgan fingerprint density at radius 1 is 1.15 bits per heavy atom. The highest BCUT2D eigenvalue weighted by Gasteiger charge is 2.19. The van der Waals surface area contributed by atoms with Crippen LogP contribution in [-0.4, -0.2) is 53.4 Å². The van der Waals surface area contributed by atoms with Crippen LogP contribution in [0, 0.1) is 6.92 Å². The van der Waals surface area contributed by atoms with Gasteiger partial charge in [0.05, 0.1) is 0 Å². The normalized spacial score (nSPS) is 14.2. The smallest absolute Gasteiger partial charge is 0.274 e. The van der Waals surface area contributed by atoms with E-state index in [0.717, 1.165) is 24.3 Å². The fraction of sp³-hybridized carbons (Fsp3) is 0.368. The van der Waals surface area contributed by atoms with E-state index < -0.39 is 0 Å². The van der Waals surface area contributed by atoms with E-state index in [-0.39, 0.29) is 5.91 Å². The Hall–Kier alpha value is -2.96. The molecule has 0 radical (unpaired) electrons. The molecule has 2 amide bonds. The summed E-state index contributed by atoms with van der Waals surface area (Å²) in [6.45, 7) is 6.55. The number of nitrogens with one attached hydrogen (secondary N) is 1. The van der Waals surface area contributed by atoms with Crippen molar-refractivity contribution in [1.82, 2.24) is 14.9 Å². The van der Waals surface area contributed by atoms with Crippen LogP contribution in [0.1, 0.15) is 28.8 Å². The van der Waals surface area contributed by atoms with Crippen LogP contribution in [0.25, 0.3) is 0 Å². The highest BCUT2D eigenvalue weighted by molar-refractivity contribution is 6.03. The Kier molecular flexibility index (Phi) is 5.46. The Balaban J connectivity index is 1.74. The molecule has 2 aromatic rings. The van der Waals surface area contributed by atoms with E-state index in [1.165, 1.54) is 5.56 Å². The minimum atomic E-state index is -0.257. The lowest BCUT2D eigenvalue weighted by Gasteiger charge is -2.33. The number of aromatic nitrogens is 2. The van der Waals surface area contributed by atoms with Gasteiger partial charge >= 0.3 is 0 Å². The summed E-state index contributed by atoms with van der Waals surface area (Å²) in [5.41, 5.74) is 2.30. The maximum absolute atomic E-state index is 12.6. The molecular weight excluding hydrogens is 330 g/mol. The van der Waals surface area contributed by atoms with Gasteiger partial charge in [0.1, 0.15) is 17.3 Å². The van der Waals surface area contributed by atoms with Gasteiger partial charge < -0.3 is 15.1 Å². The van der Waals surface area contributed by atoms with Crippen molar-refractivity contribution in [2.75, 3.05) is 36.4 Å². The quantitative estimate of drug-likeness (QED) is 0.831. The topological polar surface area (TPSA) is 78.4 Å². The summed E-state index contributed by atoms with van der Waals surface area (Å²) in [6.07, 6.45) is 1.82. The fourth-order valence-corrected chi connectivity index (χ4v) is 2.91. The zero-order valence-corrected chi connectivity index (χ0v) is 15.1. The number of hydrogen-bond acceptors (Lipinski definition) is 5.